The van der Waals surface area contributed by atoms with E-state index in [2.05, 4.69) is 0 Å². The molecule has 0 aromatic carbocycles. The lowest BCUT2D eigenvalue weighted by Crippen LogP contribution is -2.47. The van der Waals surface area contributed by atoms with Crippen LogP contribution in [-0.4, -0.2) is 30.1 Å². The topological polar surface area (TPSA) is 52.6 Å². The molecule has 88 valence electrons. The first kappa shape index (κ1) is 10.3. The second-order valence-corrected chi connectivity index (χ2v) is 5.10. The number of carbonyl (C=O) groups excluding carboxylic acids is 2. The van der Waals surface area contributed by atoms with Crippen LogP contribution in [-0.2, 0) is 19.1 Å². The molecule has 0 amide bonds. The molecular formula is C12H16O4. The van der Waals surface area contributed by atoms with Crippen LogP contribution in [0.1, 0.15) is 32.6 Å². The van der Waals surface area contributed by atoms with Crippen molar-refractivity contribution in [2.24, 2.45) is 11.8 Å². The average Bonchev–Trinajstić information content (AvgIpc) is 2.64. The van der Waals surface area contributed by atoms with E-state index in [4.69, 9.17) is 9.47 Å². The molecule has 4 atom stereocenters. The Bertz CT molecular complexity index is 351. The maximum absolute atomic E-state index is 12.1. The Morgan fingerprint density at radius 3 is 3.06 bits per heavy atom. The zero-order chi connectivity index (χ0) is 11.3. The van der Waals surface area contributed by atoms with E-state index < -0.39 is 11.7 Å². The van der Waals surface area contributed by atoms with Gasteiger partial charge < -0.3 is 9.47 Å². The molecule has 1 heterocycles. The molecule has 2 saturated carbocycles. The lowest BCUT2D eigenvalue weighted by molar-refractivity contribution is -0.176. The maximum Gasteiger partial charge on any atom is 0.303 e. The van der Waals surface area contributed by atoms with Crippen LogP contribution >= 0.6 is 0 Å². The second kappa shape index (κ2) is 3.29. The summed E-state index contributed by atoms with van der Waals surface area (Å²) in [5, 5.41) is 0. The first-order valence-corrected chi connectivity index (χ1v) is 6.00. The molecule has 0 radical (unpaired) electrons. The van der Waals surface area contributed by atoms with Crippen LogP contribution in [0.15, 0.2) is 0 Å². The number of esters is 1. The first-order valence-electron chi connectivity index (χ1n) is 6.00. The van der Waals surface area contributed by atoms with Crippen molar-refractivity contribution in [3.8, 4) is 0 Å². The number of Topliss-reactive ketones (excluding diaryl/α,β-unsaturated/α-hetero) is 1. The van der Waals surface area contributed by atoms with Crippen molar-refractivity contribution in [3.63, 3.8) is 0 Å². The van der Waals surface area contributed by atoms with Gasteiger partial charge in [-0.3, -0.25) is 9.59 Å². The maximum atomic E-state index is 12.1. The summed E-state index contributed by atoms with van der Waals surface area (Å²) in [6, 6.07) is 0. The highest BCUT2D eigenvalue weighted by Crippen LogP contribution is 2.55. The van der Waals surface area contributed by atoms with E-state index in [1.54, 1.807) is 0 Å². The van der Waals surface area contributed by atoms with E-state index in [0.717, 1.165) is 25.7 Å². The van der Waals surface area contributed by atoms with Gasteiger partial charge in [-0.25, -0.2) is 0 Å². The van der Waals surface area contributed by atoms with Crippen LogP contribution in [0, 0.1) is 11.8 Å². The minimum atomic E-state index is -0.621. The summed E-state index contributed by atoms with van der Waals surface area (Å²) in [4.78, 5) is 23.3. The number of hydrogen-bond acceptors (Lipinski definition) is 4. The predicted octanol–water partition coefficient (Wildman–Crippen LogP) is 1.08. The molecule has 0 N–H and O–H groups in total. The number of hydrogen-bond donors (Lipinski definition) is 0. The van der Waals surface area contributed by atoms with Crippen molar-refractivity contribution in [1.82, 2.24) is 0 Å². The quantitative estimate of drug-likeness (QED) is 0.625. The summed E-state index contributed by atoms with van der Waals surface area (Å²) in [7, 11) is 0. The summed E-state index contributed by atoms with van der Waals surface area (Å²) in [5.41, 5.74) is -0.621. The average molecular weight is 224 g/mol. The second-order valence-electron chi connectivity index (χ2n) is 5.10. The Balaban J connectivity index is 2.00. The van der Waals surface area contributed by atoms with Crippen molar-refractivity contribution in [2.45, 2.75) is 44.3 Å². The minimum absolute atomic E-state index is 0.0700. The van der Waals surface area contributed by atoms with E-state index in [9.17, 15) is 9.59 Å². The summed E-state index contributed by atoms with van der Waals surface area (Å²) >= 11 is 0. The molecule has 0 aromatic rings. The van der Waals surface area contributed by atoms with Crippen molar-refractivity contribution < 1.29 is 19.1 Å². The molecule has 2 bridgehead atoms. The van der Waals surface area contributed by atoms with Gasteiger partial charge in [0.05, 0.1) is 0 Å². The van der Waals surface area contributed by atoms with Crippen LogP contribution in [0.3, 0.4) is 0 Å². The van der Waals surface area contributed by atoms with E-state index in [1.165, 1.54) is 6.92 Å². The Morgan fingerprint density at radius 1 is 1.50 bits per heavy atom. The van der Waals surface area contributed by atoms with E-state index in [-0.39, 0.29) is 23.6 Å². The fourth-order valence-corrected chi connectivity index (χ4v) is 3.86. The fraction of sp³-hybridized carbons (Fsp3) is 0.833. The van der Waals surface area contributed by atoms with E-state index in [0.29, 0.717) is 6.61 Å². The SMILES string of the molecule is CC(=O)O[C@@]12CCC[C@@H]1[C@H]1CCO[C@@H]2C1=O. The zero-order valence-electron chi connectivity index (χ0n) is 9.40. The Kier molecular flexibility index (Phi) is 2.11. The smallest absolute Gasteiger partial charge is 0.303 e. The summed E-state index contributed by atoms with van der Waals surface area (Å²) in [6.07, 6.45) is 3.11. The van der Waals surface area contributed by atoms with Crippen LogP contribution in [0.2, 0.25) is 0 Å². The van der Waals surface area contributed by atoms with Gasteiger partial charge in [0.15, 0.2) is 11.9 Å². The van der Waals surface area contributed by atoms with Crippen LogP contribution in [0.4, 0.5) is 0 Å². The summed E-state index contributed by atoms with van der Waals surface area (Å²) in [5.74, 6) is 0.144. The van der Waals surface area contributed by atoms with Gasteiger partial charge in [0, 0.05) is 25.4 Å². The highest BCUT2D eigenvalue weighted by Gasteiger charge is 2.66. The molecule has 3 rings (SSSR count). The van der Waals surface area contributed by atoms with Gasteiger partial charge in [0.25, 0.3) is 0 Å². The van der Waals surface area contributed by atoms with Crippen LogP contribution in [0.5, 0.6) is 0 Å². The van der Waals surface area contributed by atoms with Crippen LogP contribution in [0.25, 0.3) is 0 Å². The molecule has 2 aliphatic carbocycles. The minimum Gasteiger partial charge on any atom is -0.456 e. The van der Waals surface area contributed by atoms with E-state index in [1.807, 2.05) is 0 Å². The van der Waals surface area contributed by atoms with Gasteiger partial charge in [-0.1, -0.05) is 0 Å². The third kappa shape index (κ3) is 1.14. The monoisotopic (exact) mass is 224 g/mol. The Labute approximate surface area is 94.3 Å². The molecule has 0 spiro atoms. The molecule has 3 aliphatic rings. The first-order chi connectivity index (χ1) is 7.65. The highest BCUT2D eigenvalue weighted by molar-refractivity contribution is 5.91. The van der Waals surface area contributed by atoms with Crippen molar-refractivity contribution >= 4 is 11.8 Å². The predicted molar refractivity (Wildman–Crippen MR) is 54.7 cm³/mol. The molecule has 0 aromatic heterocycles. The molecule has 4 heteroatoms. The summed E-state index contributed by atoms with van der Waals surface area (Å²) in [6.45, 7) is 2.04. The number of rotatable bonds is 1. The normalized spacial score (nSPS) is 45.6. The van der Waals surface area contributed by atoms with E-state index >= 15 is 0 Å². The standard InChI is InChI=1S/C12H16O4/c1-7(13)16-12-5-2-3-9(12)8-4-6-15-11(12)10(8)14/h8-9,11H,2-6H2,1H3/t8-,9-,11-,12+/m1/s1. The lowest BCUT2D eigenvalue weighted by atomic mass is 9.87. The van der Waals surface area contributed by atoms with Gasteiger partial charge in [0.1, 0.15) is 5.60 Å². The van der Waals surface area contributed by atoms with Crippen molar-refractivity contribution in [1.29, 1.82) is 0 Å². The molecule has 0 unspecified atom stereocenters. The van der Waals surface area contributed by atoms with Crippen LogP contribution < -0.4 is 0 Å². The summed E-state index contributed by atoms with van der Waals surface area (Å²) < 4.78 is 11.1. The molecule has 3 fully saturated rings. The number of fused-ring (bicyclic) bond motifs is 5. The highest BCUT2D eigenvalue weighted by atomic mass is 16.6. The van der Waals surface area contributed by atoms with Gasteiger partial charge in [0.2, 0.25) is 0 Å². The number of ether oxygens (including phenoxy) is 2. The molecule has 4 nitrogen and oxygen atoms in total. The molecule has 1 saturated heterocycles. The van der Waals surface area contributed by atoms with Gasteiger partial charge in [-0.05, 0) is 25.7 Å². The van der Waals surface area contributed by atoms with Gasteiger partial charge >= 0.3 is 5.97 Å². The fourth-order valence-electron chi connectivity index (χ4n) is 3.86. The Hall–Kier alpha value is -0.900. The zero-order valence-corrected chi connectivity index (χ0v) is 9.40. The molecular weight excluding hydrogens is 208 g/mol. The van der Waals surface area contributed by atoms with Gasteiger partial charge in [-0.15, -0.1) is 0 Å². The van der Waals surface area contributed by atoms with Crippen molar-refractivity contribution in [3.05, 3.63) is 0 Å². The number of carbonyl (C=O) groups is 2. The lowest BCUT2D eigenvalue weighted by Gasteiger charge is -2.32. The molecule has 1 aliphatic heterocycles. The molecule has 16 heavy (non-hydrogen) atoms. The third-order valence-electron chi connectivity index (χ3n) is 4.31. The number of ketones is 1. The largest absolute Gasteiger partial charge is 0.456 e. The van der Waals surface area contributed by atoms with Crippen molar-refractivity contribution in [2.75, 3.05) is 6.61 Å². The third-order valence-corrected chi connectivity index (χ3v) is 4.31. The Morgan fingerprint density at radius 2 is 2.31 bits per heavy atom. The van der Waals surface area contributed by atoms with Gasteiger partial charge in [-0.2, -0.15) is 0 Å².